The molecule has 0 spiro atoms. The highest BCUT2D eigenvalue weighted by atomic mass is 16.5. The van der Waals surface area contributed by atoms with Crippen LogP contribution < -0.4 is 5.73 Å². The number of ether oxygens (including phenoxy) is 1. The third-order valence-electron chi connectivity index (χ3n) is 1.58. The third-order valence-corrected chi connectivity index (χ3v) is 1.58. The van der Waals surface area contributed by atoms with E-state index < -0.39 is 5.97 Å². The summed E-state index contributed by atoms with van der Waals surface area (Å²) in [5, 5.41) is 6.88. The second-order valence-corrected chi connectivity index (χ2v) is 2.85. The van der Waals surface area contributed by atoms with E-state index >= 15 is 0 Å². The largest absolute Gasteiger partial charge is 0.460 e. The first-order chi connectivity index (χ1) is 6.68. The van der Waals surface area contributed by atoms with Crippen LogP contribution in [0.3, 0.4) is 0 Å². The third kappa shape index (κ3) is 3.71. The van der Waals surface area contributed by atoms with Crippen LogP contribution in [0.15, 0.2) is 30.3 Å². The predicted octanol–water partition coefficient (Wildman–Crippen LogP) is 1.06. The zero-order valence-corrected chi connectivity index (χ0v) is 7.69. The van der Waals surface area contributed by atoms with Gasteiger partial charge in [-0.3, -0.25) is 10.2 Å². The van der Waals surface area contributed by atoms with Gasteiger partial charge >= 0.3 is 5.97 Å². The minimum Gasteiger partial charge on any atom is -0.460 e. The first-order valence-corrected chi connectivity index (χ1v) is 4.21. The van der Waals surface area contributed by atoms with E-state index in [1.165, 1.54) is 0 Å². The van der Waals surface area contributed by atoms with Crippen molar-refractivity contribution < 1.29 is 9.53 Å². The molecule has 0 saturated carbocycles. The summed E-state index contributed by atoms with van der Waals surface area (Å²) >= 11 is 0. The van der Waals surface area contributed by atoms with Gasteiger partial charge in [0.25, 0.3) is 0 Å². The molecule has 0 aliphatic rings. The maximum atomic E-state index is 11.0. The molecule has 0 amide bonds. The molecule has 0 unspecified atom stereocenters. The molecule has 0 atom stereocenters. The monoisotopic (exact) mass is 192 g/mol. The van der Waals surface area contributed by atoms with Gasteiger partial charge in [-0.15, -0.1) is 0 Å². The fraction of sp³-hybridized carbons (Fsp3) is 0.200. The molecule has 0 aliphatic heterocycles. The lowest BCUT2D eigenvalue weighted by atomic mass is 10.2. The second-order valence-electron chi connectivity index (χ2n) is 2.85. The molecular formula is C10H12N2O2. The van der Waals surface area contributed by atoms with Crippen LogP contribution in [0.25, 0.3) is 0 Å². The summed E-state index contributed by atoms with van der Waals surface area (Å²) in [6.45, 7) is 0.229. The highest BCUT2D eigenvalue weighted by Crippen LogP contribution is 2.01. The number of carbonyl (C=O) groups excluding carboxylic acids is 1. The molecule has 1 aromatic rings. The predicted molar refractivity (Wildman–Crippen MR) is 52.8 cm³/mol. The van der Waals surface area contributed by atoms with Crippen molar-refractivity contribution in [2.45, 2.75) is 13.0 Å². The van der Waals surface area contributed by atoms with E-state index in [1.807, 2.05) is 30.3 Å². The number of rotatable bonds is 4. The average Bonchev–Trinajstić information content (AvgIpc) is 2.15. The zero-order chi connectivity index (χ0) is 10.4. The van der Waals surface area contributed by atoms with Gasteiger partial charge in [0.2, 0.25) is 0 Å². The molecule has 1 rings (SSSR count). The molecule has 0 fully saturated rings. The van der Waals surface area contributed by atoms with E-state index in [9.17, 15) is 4.79 Å². The van der Waals surface area contributed by atoms with Crippen molar-refractivity contribution in [3.8, 4) is 0 Å². The van der Waals surface area contributed by atoms with Gasteiger partial charge in [0, 0.05) is 0 Å². The topological polar surface area (TPSA) is 76.2 Å². The Labute approximate surface area is 82.2 Å². The van der Waals surface area contributed by atoms with Crippen molar-refractivity contribution in [1.82, 2.24) is 0 Å². The van der Waals surface area contributed by atoms with Gasteiger partial charge in [-0.2, -0.15) is 0 Å². The molecule has 1 aromatic carbocycles. The fourth-order valence-electron chi connectivity index (χ4n) is 0.945. The number of esters is 1. The fourth-order valence-corrected chi connectivity index (χ4v) is 0.945. The SMILES string of the molecule is N=C(N)CC(=O)OCc1ccccc1. The van der Waals surface area contributed by atoms with Crippen molar-refractivity contribution in [2.75, 3.05) is 0 Å². The Morgan fingerprint density at radius 1 is 1.36 bits per heavy atom. The van der Waals surface area contributed by atoms with Gasteiger partial charge < -0.3 is 10.5 Å². The van der Waals surface area contributed by atoms with Crippen molar-refractivity contribution in [3.63, 3.8) is 0 Å². The molecule has 4 heteroatoms. The summed E-state index contributed by atoms with van der Waals surface area (Å²) < 4.78 is 4.88. The van der Waals surface area contributed by atoms with E-state index in [0.29, 0.717) is 0 Å². The van der Waals surface area contributed by atoms with E-state index in [4.69, 9.17) is 15.9 Å². The molecule has 0 heterocycles. The maximum absolute atomic E-state index is 11.0. The van der Waals surface area contributed by atoms with E-state index in [1.54, 1.807) is 0 Å². The highest BCUT2D eigenvalue weighted by molar-refractivity contribution is 5.94. The molecule has 4 nitrogen and oxygen atoms in total. The van der Waals surface area contributed by atoms with Crippen LogP contribution in [-0.2, 0) is 16.1 Å². The van der Waals surface area contributed by atoms with Crippen LogP contribution in [0.2, 0.25) is 0 Å². The molecule has 0 aliphatic carbocycles. The van der Waals surface area contributed by atoms with E-state index in [0.717, 1.165) is 5.56 Å². The molecule has 0 aromatic heterocycles. The molecule has 0 saturated heterocycles. The maximum Gasteiger partial charge on any atom is 0.313 e. The van der Waals surface area contributed by atoms with E-state index in [-0.39, 0.29) is 18.9 Å². The second kappa shape index (κ2) is 5.01. The van der Waals surface area contributed by atoms with Crippen LogP contribution in [0.1, 0.15) is 12.0 Å². The molecular weight excluding hydrogens is 180 g/mol. The Morgan fingerprint density at radius 2 is 2.00 bits per heavy atom. The van der Waals surface area contributed by atoms with Crippen LogP contribution in [0.5, 0.6) is 0 Å². The van der Waals surface area contributed by atoms with Gasteiger partial charge in [-0.1, -0.05) is 30.3 Å². The molecule has 0 bridgehead atoms. The quantitative estimate of drug-likeness (QED) is 0.425. The molecule has 3 N–H and O–H groups in total. The Kier molecular flexibility index (Phi) is 3.67. The van der Waals surface area contributed by atoms with Gasteiger partial charge in [0.1, 0.15) is 18.9 Å². The lowest BCUT2D eigenvalue weighted by molar-refractivity contribution is -0.143. The summed E-state index contributed by atoms with van der Waals surface area (Å²) in [7, 11) is 0. The number of amidine groups is 1. The first kappa shape index (κ1) is 10.2. The van der Waals surface area contributed by atoms with Gasteiger partial charge in [0.05, 0.1) is 0 Å². The van der Waals surface area contributed by atoms with Gasteiger partial charge in [-0.25, -0.2) is 0 Å². The normalized spacial score (nSPS) is 9.43. The number of nitrogens with two attached hydrogens (primary N) is 1. The van der Waals surface area contributed by atoms with Crippen LogP contribution in [-0.4, -0.2) is 11.8 Å². The number of hydrogen-bond acceptors (Lipinski definition) is 3. The standard InChI is InChI=1S/C10H12N2O2/c11-9(12)6-10(13)14-7-8-4-2-1-3-5-8/h1-5H,6-7H2,(H3,11,12). The summed E-state index contributed by atoms with van der Waals surface area (Å²) in [5.41, 5.74) is 5.97. The highest BCUT2D eigenvalue weighted by Gasteiger charge is 2.04. The van der Waals surface area contributed by atoms with Gasteiger partial charge in [-0.05, 0) is 5.56 Å². The Hall–Kier alpha value is -1.84. The summed E-state index contributed by atoms with van der Waals surface area (Å²) in [6, 6.07) is 9.35. The Balaban J connectivity index is 2.34. The van der Waals surface area contributed by atoms with Crippen molar-refractivity contribution >= 4 is 11.8 Å². The molecule has 74 valence electrons. The van der Waals surface area contributed by atoms with Crippen LogP contribution in [0.4, 0.5) is 0 Å². The minimum absolute atomic E-state index is 0.146. The number of benzene rings is 1. The Morgan fingerprint density at radius 3 is 2.57 bits per heavy atom. The smallest absolute Gasteiger partial charge is 0.313 e. The van der Waals surface area contributed by atoms with Crippen LogP contribution >= 0.6 is 0 Å². The van der Waals surface area contributed by atoms with Crippen molar-refractivity contribution in [3.05, 3.63) is 35.9 Å². The number of hydrogen-bond donors (Lipinski definition) is 2. The van der Waals surface area contributed by atoms with Gasteiger partial charge in [0.15, 0.2) is 0 Å². The average molecular weight is 192 g/mol. The lowest BCUT2D eigenvalue weighted by Gasteiger charge is -2.03. The number of carbonyl (C=O) groups is 1. The first-order valence-electron chi connectivity index (χ1n) is 4.21. The zero-order valence-electron chi connectivity index (χ0n) is 7.69. The minimum atomic E-state index is -0.471. The van der Waals surface area contributed by atoms with Crippen molar-refractivity contribution in [2.24, 2.45) is 5.73 Å². The number of nitrogens with one attached hydrogen (secondary N) is 1. The summed E-state index contributed by atoms with van der Waals surface area (Å²) in [4.78, 5) is 11.0. The van der Waals surface area contributed by atoms with Crippen molar-refractivity contribution in [1.29, 1.82) is 5.41 Å². The lowest BCUT2D eigenvalue weighted by Crippen LogP contribution is -2.17. The van der Waals surface area contributed by atoms with Crippen LogP contribution in [0, 0.1) is 5.41 Å². The summed E-state index contributed by atoms with van der Waals surface area (Å²) in [6.07, 6.45) is -0.146. The Bertz CT molecular complexity index is 322. The molecule has 0 radical (unpaired) electrons. The molecule has 14 heavy (non-hydrogen) atoms. The summed E-state index contributed by atoms with van der Waals surface area (Å²) in [5.74, 6) is -0.649. The van der Waals surface area contributed by atoms with E-state index in [2.05, 4.69) is 0 Å².